The van der Waals surface area contributed by atoms with E-state index in [0.717, 1.165) is 35.5 Å². The number of thiazole rings is 1. The topological polar surface area (TPSA) is 98.1 Å². The molecule has 10 heteroatoms. The van der Waals surface area contributed by atoms with Crippen LogP contribution in [0.2, 0.25) is 0 Å². The highest BCUT2D eigenvalue weighted by Gasteiger charge is 2.11. The molecule has 0 aliphatic heterocycles. The van der Waals surface area contributed by atoms with Crippen molar-refractivity contribution >= 4 is 34.8 Å². The number of methoxy groups -OCH3 is 1. The number of ether oxygens (including phenoxy) is 1. The summed E-state index contributed by atoms with van der Waals surface area (Å²) >= 11 is 1.38. The average molecular weight is 478 g/mol. The van der Waals surface area contributed by atoms with Gasteiger partial charge in [0.2, 0.25) is 5.91 Å². The van der Waals surface area contributed by atoms with Crippen LogP contribution in [0.15, 0.2) is 46.6 Å². The molecule has 2 aromatic heterocycles. The maximum atomic E-state index is 12.1. The Morgan fingerprint density at radius 1 is 1.19 bits per heavy atom. The van der Waals surface area contributed by atoms with E-state index in [-0.39, 0.29) is 36.5 Å². The minimum Gasteiger partial charge on any atom is -0.385 e. The van der Waals surface area contributed by atoms with Crippen molar-refractivity contribution in [3.05, 3.63) is 52.1 Å². The van der Waals surface area contributed by atoms with Crippen LogP contribution in [0.4, 0.5) is 5.13 Å². The first-order valence-corrected chi connectivity index (χ1v) is 11.0. The fourth-order valence-electron chi connectivity index (χ4n) is 2.96. The van der Waals surface area contributed by atoms with Crippen LogP contribution in [0.25, 0.3) is 22.5 Å². The minimum atomic E-state index is -0.132. The number of hydrogen-bond donors (Lipinski definition) is 2. The van der Waals surface area contributed by atoms with Gasteiger partial charge in [0, 0.05) is 36.3 Å². The first-order chi connectivity index (χ1) is 15.0. The predicted octanol–water partition coefficient (Wildman–Crippen LogP) is 3.60. The zero-order valence-corrected chi connectivity index (χ0v) is 20.0. The highest BCUT2D eigenvalue weighted by atomic mass is 35.5. The highest BCUT2D eigenvalue weighted by Crippen LogP contribution is 2.28. The third-order valence-electron chi connectivity index (χ3n) is 4.51. The number of anilines is 1. The molecule has 0 fully saturated rings. The van der Waals surface area contributed by atoms with E-state index in [1.54, 1.807) is 13.2 Å². The number of aromatic nitrogens is 3. The summed E-state index contributed by atoms with van der Waals surface area (Å²) in [6, 6.07) is 11.1. The van der Waals surface area contributed by atoms with Crippen molar-refractivity contribution in [1.82, 2.24) is 20.1 Å². The molecule has 0 unspecified atom stereocenters. The van der Waals surface area contributed by atoms with Crippen molar-refractivity contribution in [2.75, 3.05) is 32.1 Å². The fourth-order valence-corrected chi connectivity index (χ4v) is 3.69. The third kappa shape index (κ3) is 6.96. The van der Waals surface area contributed by atoms with E-state index < -0.39 is 0 Å². The van der Waals surface area contributed by atoms with Crippen LogP contribution in [-0.4, -0.2) is 47.5 Å². The zero-order valence-electron chi connectivity index (χ0n) is 18.3. The number of rotatable bonds is 10. The van der Waals surface area contributed by atoms with Crippen molar-refractivity contribution in [3.63, 3.8) is 0 Å². The van der Waals surface area contributed by atoms with Gasteiger partial charge in [0.25, 0.3) is 5.56 Å². The second-order valence-electron chi connectivity index (χ2n) is 7.29. The Kier molecular flexibility index (Phi) is 9.98. The molecule has 0 bridgehead atoms. The SMILES string of the molecule is COCCCNCC(=O)Nc1nc(-c2cccc(-c3ccc(=O)n(C(C)C)n3)c2)cs1.Cl. The van der Waals surface area contributed by atoms with E-state index in [1.807, 2.05) is 43.5 Å². The molecular weight excluding hydrogens is 450 g/mol. The first kappa shape index (κ1) is 25.7. The monoisotopic (exact) mass is 477 g/mol. The van der Waals surface area contributed by atoms with Crippen molar-refractivity contribution < 1.29 is 9.53 Å². The molecule has 1 amide bonds. The van der Waals surface area contributed by atoms with Gasteiger partial charge in [-0.3, -0.25) is 9.59 Å². The summed E-state index contributed by atoms with van der Waals surface area (Å²) in [5.74, 6) is -0.132. The van der Waals surface area contributed by atoms with Crippen LogP contribution in [-0.2, 0) is 9.53 Å². The maximum absolute atomic E-state index is 12.1. The van der Waals surface area contributed by atoms with Crippen molar-refractivity contribution in [3.8, 4) is 22.5 Å². The Balaban J connectivity index is 0.00000363. The molecule has 0 saturated heterocycles. The standard InChI is InChI=1S/C22H27N5O3S.ClH/c1-15(2)27-21(29)9-8-18(26-27)16-6-4-7-17(12-16)19-14-31-22(24-19)25-20(28)13-23-10-5-11-30-3;/h4,6-9,12,14-15,23H,5,10-11,13H2,1-3H3,(H,24,25,28);1H. The lowest BCUT2D eigenvalue weighted by atomic mass is 10.1. The Bertz CT molecular complexity index is 1080. The summed E-state index contributed by atoms with van der Waals surface area (Å²) in [4.78, 5) is 28.6. The highest BCUT2D eigenvalue weighted by molar-refractivity contribution is 7.14. The van der Waals surface area contributed by atoms with Crippen LogP contribution >= 0.6 is 23.7 Å². The largest absolute Gasteiger partial charge is 0.385 e. The Labute approximate surface area is 197 Å². The quantitative estimate of drug-likeness (QED) is 0.433. The smallest absolute Gasteiger partial charge is 0.267 e. The van der Waals surface area contributed by atoms with Gasteiger partial charge in [0.15, 0.2) is 5.13 Å². The van der Waals surface area contributed by atoms with Crippen LogP contribution < -0.4 is 16.2 Å². The molecule has 0 aliphatic carbocycles. The van der Waals surface area contributed by atoms with E-state index in [9.17, 15) is 9.59 Å². The molecule has 2 heterocycles. The van der Waals surface area contributed by atoms with Crippen molar-refractivity contribution in [2.24, 2.45) is 0 Å². The summed E-state index contributed by atoms with van der Waals surface area (Å²) in [6.07, 6.45) is 0.852. The molecule has 1 aromatic carbocycles. The maximum Gasteiger partial charge on any atom is 0.267 e. The summed E-state index contributed by atoms with van der Waals surface area (Å²) in [6.45, 7) is 5.46. The molecule has 0 radical (unpaired) electrons. The van der Waals surface area contributed by atoms with Gasteiger partial charge in [-0.25, -0.2) is 9.67 Å². The summed E-state index contributed by atoms with van der Waals surface area (Å²) in [5, 5.41) is 12.8. The average Bonchev–Trinajstić information content (AvgIpc) is 3.22. The first-order valence-electron chi connectivity index (χ1n) is 10.1. The summed E-state index contributed by atoms with van der Waals surface area (Å²) in [7, 11) is 1.66. The Morgan fingerprint density at radius 2 is 1.94 bits per heavy atom. The molecule has 0 spiro atoms. The van der Waals surface area contributed by atoms with Crippen LogP contribution in [0.3, 0.4) is 0 Å². The van der Waals surface area contributed by atoms with Gasteiger partial charge in [0.1, 0.15) is 0 Å². The van der Waals surface area contributed by atoms with E-state index >= 15 is 0 Å². The molecule has 172 valence electrons. The van der Waals surface area contributed by atoms with Crippen LogP contribution in [0.5, 0.6) is 0 Å². The fraction of sp³-hybridized carbons (Fsp3) is 0.364. The van der Waals surface area contributed by atoms with Gasteiger partial charge < -0.3 is 15.4 Å². The number of nitrogens with one attached hydrogen (secondary N) is 2. The molecular formula is C22H28ClN5O3S. The second-order valence-corrected chi connectivity index (χ2v) is 8.14. The van der Waals surface area contributed by atoms with Gasteiger partial charge >= 0.3 is 0 Å². The van der Waals surface area contributed by atoms with Gasteiger partial charge in [0.05, 0.1) is 24.0 Å². The number of nitrogens with zero attached hydrogens (tertiary/aromatic N) is 3. The number of carbonyl (C=O) groups is 1. The lowest BCUT2D eigenvalue weighted by Crippen LogP contribution is -2.29. The Morgan fingerprint density at radius 3 is 2.66 bits per heavy atom. The van der Waals surface area contributed by atoms with E-state index in [1.165, 1.54) is 22.1 Å². The normalized spacial score (nSPS) is 10.8. The molecule has 3 aromatic rings. The molecule has 0 atom stereocenters. The van der Waals surface area contributed by atoms with Gasteiger partial charge in [-0.05, 0) is 38.9 Å². The third-order valence-corrected chi connectivity index (χ3v) is 5.26. The predicted molar refractivity (Wildman–Crippen MR) is 131 cm³/mol. The van der Waals surface area contributed by atoms with Gasteiger partial charge in [-0.1, -0.05) is 18.2 Å². The number of carbonyl (C=O) groups excluding carboxylic acids is 1. The Hall–Kier alpha value is -2.59. The lowest BCUT2D eigenvalue weighted by Gasteiger charge is -2.10. The molecule has 0 saturated carbocycles. The number of hydrogen-bond acceptors (Lipinski definition) is 7. The van der Waals surface area contributed by atoms with E-state index in [2.05, 4.69) is 20.7 Å². The van der Waals surface area contributed by atoms with Crippen LogP contribution in [0.1, 0.15) is 26.3 Å². The molecule has 2 N–H and O–H groups in total. The van der Waals surface area contributed by atoms with Crippen molar-refractivity contribution in [2.45, 2.75) is 26.3 Å². The number of benzene rings is 1. The molecule has 32 heavy (non-hydrogen) atoms. The van der Waals surface area contributed by atoms with Crippen molar-refractivity contribution in [1.29, 1.82) is 0 Å². The molecule has 0 aliphatic rings. The van der Waals surface area contributed by atoms with E-state index in [0.29, 0.717) is 11.7 Å². The lowest BCUT2D eigenvalue weighted by molar-refractivity contribution is -0.115. The summed E-state index contributed by atoms with van der Waals surface area (Å²) < 4.78 is 6.45. The van der Waals surface area contributed by atoms with Crippen LogP contribution in [0, 0.1) is 0 Å². The molecule has 3 rings (SSSR count). The van der Waals surface area contributed by atoms with Gasteiger partial charge in [-0.15, -0.1) is 23.7 Å². The number of halogens is 1. The number of amides is 1. The summed E-state index contributed by atoms with van der Waals surface area (Å²) in [5.41, 5.74) is 3.18. The second kappa shape index (κ2) is 12.4. The van der Waals surface area contributed by atoms with Gasteiger partial charge in [-0.2, -0.15) is 5.10 Å². The minimum absolute atomic E-state index is 0. The van der Waals surface area contributed by atoms with E-state index in [4.69, 9.17) is 4.74 Å². The molecule has 8 nitrogen and oxygen atoms in total. The zero-order chi connectivity index (χ0) is 22.2.